The van der Waals surface area contributed by atoms with Crippen LogP contribution in [-0.2, 0) is 0 Å². The van der Waals surface area contributed by atoms with Crippen LogP contribution in [0.15, 0.2) is 79.6 Å². The van der Waals surface area contributed by atoms with E-state index in [4.69, 9.17) is 0 Å². The van der Waals surface area contributed by atoms with Crippen LogP contribution in [-0.4, -0.2) is 71.9 Å². The van der Waals surface area contributed by atoms with Gasteiger partial charge in [0.05, 0.1) is 48.8 Å². The summed E-state index contributed by atoms with van der Waals surface area (Å²) in [6, 6.07) is 11.8. The van der Waals surface area contributed by atoms with Crippen molar-refractivity contribution >= 4 is 29.1 Å². The zero-order chi connectivity index (χ0) is 30.7. The van der Waals surface area contributed by atoms with Crippen LogP contribution in [0.4, 0.5) is 29.7 Å². The summed E-state index contributed by atoms with van der Waals surface area (Å²) in [4.78, 5) is 35.0. The third kappa shape index (κ3) is 6.64. The first kappa shape index (κ1) is 28.7. The van der Waals surface area contributed by atoms with E-state index in [1.54, 1.807) is 70.7 Å². The predicted octanol–water partition coefficient (Wildman–Crippen LogP) is 5.30. The molecule has 1 aliphatic rings. The maximum Gasteiger partial charge on any atom is 0.321 e. The standard InChI is InChI=1S/C30H30F2N10O2/c1-30(31,32)19-35-28(43)38-23-5-2-4-20(12-23)26-17-34-27-13-21(14-37-42(26)27)22-15-36-41(18-22)25-7-10-40(11-8-25)29(44)39-24-6-3-9-33-16-24/h2-6,9,12-18,25H,7-8,10-11,19H2,1H3,(H,39,44)(H2,35,38,43). The summed E-state index contributed by atoms with van der Waals surface area (Å²) in [5, 5.41) is 16.8. The number of anilines is 2. The molecule has 14 heteroatoms. The molecule has 0 unspecified atom stereocenters. The van der Waals surface area contributed by atoms with Crippen molar-refractivity contribution < 1.29 is 18.4 Å². The monoisotopic (exact) mass is 600 g/mol. The fourth-order valence-corrected chi connectivity index (χ4v) is 5.06. The van der Waals surface area contributed by atoms with Gasteiger partial charge in [-0.15, -0.1) is 0 Å². The molecule has 1 saturated heterocycles. The molecular formula is C30H30F2N10O2. The number of alkyl halides is 2. The number of piperidine rings is 1. The first-order chi connectivity index (χ1) is 21.2. The first-order valence-corrected chi connectivity index (χ1v) is 14.1. The van der Waals surface area contributed by atoms with E-state index in [9.17, 15) is 18.4 Å². The van der Waals surface area contributed by atoms with Crippen molar-refractivity contribution in [3.05, 3.63) is 79.6 Å². The summed E-state index contributed by atoms with van der Waals surface area (Å²) >= 11 is 0. The topological polar surface area (TPSA) is 134 Å². The number of hydrogen-bond donors (Lipinski definition) is 3. The minimum absolute atomic E-state index is 0.135. The molecule has 0 saturated carbocycles. The van der Waals surface area contributed by atoms with Crippen LogP contribution in [0.1, 0.15) is 25.8 Å². The molecule has 3 N–H and O–H groups in total. The first-order valence-electron chi connectivity index (χ1n) is 14.1. The molecule has 4 amide bonds. The molecule has 226 valence electrons. The molecule has 6 rings (SSSR count). The van der Waals surface area contributed by atoms with E-state index in [1.807, 2.05) is 23.0 Å². The van der Waals surface area contributed by atoms with Crippen molar-refractivity contribution in [2.45, 2.75) is 31.7 Å². The molecule has 0 bridgehead atoms. The molecule has 0 atom stereocenters. The molecular weight excluding hydrogens is 570 g/mol. The number of aromatic nitrogens is 6. The second-order valence-corrected chi connectivity index (χ2v) is 10.7. The van der Waals surface area contributed by atoms with E-state index >= 15 is 0 Å². The Morgan fingerprint density at radius 3 is 2.50 bits per heavy atom. The summed E-state index contributed by atoms with van der Waals surface area (Å²) < 4.78 is 29.8. The van der Waals surface area contributed by atoms with Crippen molar-refractivity contribution in [3.63, 3.8) is 0 Å². The number of carbonyl (C=O) groups excluding carboxylic acids is 2. The zero-order valence-electron chi connectivity index (χ0n) is 23.8. The van der Waals surface area contributed by atoms with Gasteiger partial charge in [0.2, 0.25) is 0 Å². The number of nitrogens with zero attached hydrogens (tertiary/aromatic N) is 7. The SMILES string of the molecule is CC(F)(F)CNC(=O)Nc1cccc(-c2cnc3cc(-c4cnn(C5CCN(C(=O)Nc6cccnc6)CC5)c4)cnn23)c1. The summed E-state index contributed by atoms with van der Waals surface area (Å²) in [6.07, 6.45) is 12.1. The van der Waals surface area contributed by atoms with Gasteiger partial charge < -0.3 is 20.9 Å². The Morgan fingerprint density at radius 1 is 0.932 bits per heavy atom. The van der Waals surface area contributed by atoms with Crippen LogP contribution in [0.25, 0.3) is 28.0 Å². The highest BCUT2D eigenvalue weighted by Gasteiger charge is 2.25. The number of urea groups is 2. The average molecular weight is 601 g/mol. The van der Waals surface area contributed by atoms with Crippen LogP contribution < -0.4 is 16.0 Å². The van der Waals surface area contributed by atoms with Crippen LogP contribution >= 0.6 is 0 Å². The highest BCUT2D eigenvalue weighted by Crippen LogP contribution is 2.28. The lowest BCUT2D eigenvalue weighted by atomic mass is 10.1. The number of amides is 4. The lowest BCUT2D eigenvalue weighted by molar-refractivity contribution is 0.0257. The van der Waals surface area contributed by atoms with Gasteiger partial charge in [-0.2, -0.15) is 10.2 Å². The van der Waals surface area contributed by atoms with E-state index < -0.39 is 18.5 Å². The quantitative estimate of drug-likeness (QED) is 0.232. The number of imidazole rings is 1. The minimum atomic E-state index is -3.00. The molecule has 1 aliphatic heterocycles. The lowest BCUT2D eigenvalue weighted by Gasteiger charge is -2.32. The highest BCUT2D eigenvalue weighted by atomic mass is 19.3. The number of carbonyl (C=O) groups is 2. The maximum atomic E-state index is 13.1. The second-order valence-electron chi connectivity index (χ2n) is 10.7. The van der Waals surface area contributed by atoms with Gasteiger partial charge in [0.25, 0.3) is 5.92 Å². The van der Waals surface area contributed by atoms with Gasteiger partial charge in [0.1, 0.15) is 0 Å². The summed E-state index contributed by atoms with van der Waals surface area (Å²) in [6.45, 7) is 1.21. The number of rotatable bonds is 7. The molecule has 5 aromatic rings. The van der Waals surface area contributed by atoms with E-state index in [1.165, 1.54) is 0 Å². The molecule has 0 radical (unpaired) electrons. The van der Waals surface area contributed by atoms with Crippen LogP contribution in [0.5, 0.6) is 0 Å². The fourth-order valence-electron chi connectivity index (χ4n) is 5.06. The zero-order valence-corrected chi connectivity index (χ0v) is 23.8. The average Bonchev–Trinajstić information content (AvgIpc) is 3.68. The van der Waals surface area contributed by atoms with Gasteiger partial charge in [-0.1, -0.05) is 12.1 Å². The van der Waals surface area contributed by atoms with Crippen molar-refractivity contribution in [2.75, 3.05) is 30.3 Å². The number of benzene rings is 1. The largest absolute Gasteiger partial charge is 0.332 e. The van der Waals surface area contributed by atoms with Gasteiger partial charge in [-0.05, 0) is 43.2 Å². The van der Waals surface area contributed by atoms with E-state index in [2.05, 4.69) is 36.1 Å². The molecule has 4 aromatic heterocycles. The predicted molar refractivity (Wildman–Crippen MR) is 160 cm³/mol. The summed E-state index contributed by atoms with van der Waals surface area (Å²) in [5.41, 5.74) is 4.93. The minimum Gasteiger partial charge on any atom is -0.332 e. The summed E-state index contributed by atoms with van der Waals surface area (Å²) in [7, 11) is 0. The van der Waals surface area contributed by atoms with Crippen molar-refractivity contribution in [3.8, 4) is 22.4 Å². The van der Waals surface area contributed by atoms with Crippen molar-refractivity contribution in [2.24, 2.45) is 0 Å². The number of halogens is 2. The Hall–Kier alpha value is -5.40. The van der Waals surface area contributed by atoms with Gasteiger partial charge >= 0.3 is 12.1 Å². The number of likely N-dealkylation sites (tertiary alicyclic amines) is 1. The molecule has 1 aromatic carbocycles. The Labute approximate surface area is 251 Å². The van der Waals surface area contributed by atoms with Crippen LogP contribution in [0, 0.1) is 0 Å². The Bertz CT molecular complexity index is 1780. The van der Waals surface area contributed by atoms with E-state index in [0.717, 1.165) is 36.5 Å². The van der Waals surface area contributed by atoms with Crippen molar-refractivity contribution in [1.29, 1.82) is 0 Å². The summed E-state index contributed by atoms with van der Waals surface area (Å²) in [5.74, 6) is -3.00. The number of nitrogens with one attached hydrogen (secondary N) is 3. The number of fused-ring (bicyclic) bond motifs is 1. The molecule has 5 heterocycles. The van der Waals surface area contributed by atoms with Gasteiger partial charge in [-0.3, -0.25) is 9.67 Å². The molecule has 0 aliphatic carbocycles. The normalized spacial score (nSPS) is 14.0. The molecule has 44 heavy (non-hydrogen) atoms. The third-order valence-corrected chi connectivity index (χ3v) is 7.31. The Balaban J connectivity index is 1.10. The molecule has 1 fully saturated rings. The van der Waals surface area contributed by atoms with E-state index in [0.29, 0.717) is 35.8 Å². The second kappa shape index (κ2) is 12.1. The maximum absolute atomic E-state index is 13.1. The number of hydrogen-bond acceptors (Lipinski definition) is 6. The van der Waals surface area contributed by atoms with Crippen LogP contribution in [0.2, 0.25) is 0 Å². The van der Waals surface area contributed by atoms with Crippen LogP contribution in [0.3, 0.4) is 0 Å². The molecule has 0 spiro atoms. The lowest BCUT2D eigenvalue weighted by Crippen LogP contribution is -2.41. The van der Waals surface area contributed by atoms with Gasteiger partial charge in [0, 0.05) is 54.8 Å². The van der Waals surface area contributed by atoms with Gasteiger partial charge in [-0.25, -0.2) is 27.9 Å². The Morgan fingerprint density at radius 2 is 1.73 bits per heavy atom. The van der Waals surface area contributed by atoms with E-state index in [-0.39, 0.29) is 12.1 Å². The third-order valence-electron chi connectivity index (χ3n) is 7.31. The fraction of sp³-hybridized carbons (Fsp3) is 0.267. The van der Waals surface area contributed by atoms with Gasteiger partial charge in [0.15, 0.2) is 5.65 Å². The van der Waals surface area contributed by atoms with Crippen molar-refractivity contribution in [1.82, 2.24) is 39.6 Å². The smallest absolute Gasteiger partial charge is 0.321 e. The highest BCUT2D eigenvalue weighted by molar-refractivity contribution is 5.90. The Kier molecular flexibility index (Phi) is 7.87. The molecule has 12 nitrogen and oxygen atoms in total. The number of pyridine rings is 1.